The van der Waals surface area contributed by atoms with Crippen LogP contribution in [0.15, 0.2) is 30.3 Å². The smallest absolute Gasteiger partial charge is 0.242 e. The standard InChI is InChI=1S/C24H31N5O2/c1-17-20-11-8-13-28(16-19-9-4-3-5-10-19)24(20)27-23(26-17)21-12-6-7-14-29(21)22(31)15-25-18(2)30/h3-5,9-10,21H,6-8,11-16H2,1-2H3,(H,25,30)/t21-/m1/s1. The van der Waals surface area contributed by atoms with Crippen LogP contribution in [-0.2, 0) is 22.6 Å². The number of nitrogens with zero attached hydrogens (tertiary/aromatic N) is 4. The first-order valence-corrected chi connectivity index (χ1v) is 11.2. The van der Waals surface area contributed by atoms with Crippen molar-refractivity contribution < 1.29 is 9.59 Å². The Kier molecular flexibility index (Phi) is 6.49. The average molecular weight is 422 g/mol. The van der Waals surface area contributed by atoms with E-state index < -0.39 is 0 Å². The molecule has 0 saturated carbocycles. The Labute approximate surface area is 183 Å². The highest BCUT2D eigenvalue weighted by Gasteiger charge is 2.32. The Morgan fingerprint density at radius 3 is 2.68 bits per heavy atom. The van der Waals surface area contributed by atoms with Crippen LogP contribution < -0.4 is 10.2 Å². The minimum atomic E-state index is -0.195. The predicted molar refractivity (Wildman–Crippen MR) is 120 cm³/mol. The van der Waals surface area contributed by atoms with Gasteiger partial charge < -0.3 is 15.1 Å². The zero-order valence-electron chi connectivity index (χ0n) is 18.4. The third-order valence-electron chi connectivity index (χ3n) is 6.19. The van der Waals surface area contributed by atoms with Gasteiger partial charge in [0.25, 0.3) is 0 Å². The molecule has 7 nitrogen and oxygen atoms in total. The van der Waals surface area contributed by atoms with Gasteiger partial charge in [0.1, 0.15) is 5.82 Å². The monoisotopic (exact) mass is 421 g/mol. The zero-order chi connectivity index (χ0) is 21.8. The fourth-order valence-corrected chi connectivity index (χ4v) is 4.62. The maximum atomic E-state index is 12.8. The van der Waals surface area contributed by atoms with Crippen molar-refractivity contribution in [2.45, 2.75) is 58.5 Å². The van der Waals surface area contributed by atoms with Gasteiger partial charge in [0.15, 0.2) is 5.82 Å². The maximum Gasteiger partial charge on any atom is 0.242 e. The summed E-state index contributed by atoms with van der Waals surface area (Å²) in [5, 5.41) is 2.63. The third-order valence-corrected chi connectivity index (χ3v) is 6.19. The molecule has 2 aliphatic heterocycles. The highest BCUT2D eigenvalue weighted by atomic mass is 16.2. The van der Waals surface area contributed by atoms with Gasteiger partial charge in [-0.15, -0.1) is 0 Å². The lowest BCUT2D eigenvalue weighted by molar-refractivity contribution is -0.136. The van der Waals surface area contributed by atoms with Gasteiger partial charge in [-0.1, -0.05) is 30.3 Å². The van der Waals surface area contributed by atoms with Crippen LogP contribution in [0.25, 0.3) is 0 Å². The number of aryl methyl sites for hydroxylation is 1. The van der Waals surface area contributed by atoms with E-state index in [9.17, 15) is 9.59 Å². The Bertz CT molecular complexity index is 946. The number of benzene rings is 1. The molecule has 1 aromatic heterocycles. The van der Waals surface area contributed by atoms with Gasteiger partial charge in [0.2, 0.25) is 11.8 Å². The molecular formula is C24H31N5O2. The molecule has 31 heavy (non-hydrogen) atoms. The molecule has 2 aromatic rings. The number of aromatic nitrogens is 2. The minimum Gasteiger partial charge on any atom is -0.352 e. The second-order valence-electron chi connectivity index (χ2n) is 8.49. The molecule has 2 aliphatic rings. The van der Waals surface area contributed by atoms with Crippen LogP contribution in [0.4, 0.5) is 5.82 Å². The topological polar surface area (TPSA) is 78.4 Å². The van der Waals surface area contributed by atoms with Gasteiger partial charge in [-0.25, -0.2) is 9.97 Å². The summed E-state index contributed by atoms with van der Waals surface area (Å²) in [6.45, 7) is 5.97. The third kappa shape index (κ3) is 4.86. The summed E-state index contributed by atoms with van der Waals surface area (Å²) in [6.07, 6.45) is 4.94. The fraction of sp³-hybridized carbons (Fsp3) is 0.500. The highest BCUT2D eigenvalue weighted by molar-refractivity contribution is 5.84. The van der Waals surface area contributed by atoms with Crippen LogP contribution in [-0.4, -0.2) is 46.3 Å². The second-order valence-corrected chi connectivity index (χ2v) is 8.49. The van der Waals surface area contributed by atoms with Gasteiger partial charge in [-0.05, 0) is 44.6 Å². The molecule has 2 amide bonds. The number of hydrogen-bond donors (Lipinski definition) is 1. The molecule has 4 rings (SSSR count). The van der Waals surface area contributed by atoms with Gasteiger partial charge in [0, 0.05) is 37.8 Å². The number of fused-ring (bicyclic) bond motifs is 1. The predicted octanol–water partition coefficient (Wildman–Crippen LogP) is 2.93. The van der Waals surface area contributed by atoms with Crippen LogP contribution >= 0.6 is 0 Å². The van der Waals surface area contributed by atoms with Crippen molar-refractivity contribution in [2.75, 3.05) is 24.5 Å². The molecule has 3 heterocycles. The van der Waals surface area contributed by atoms with Crippen molar-refractivity contribution in [2.24, 2.45) is 0 Å². The lowest BCUT2D eigenvalue weighted by atomic mass is 9.99. The summed E-state index contributed by atoms with van der Waals surface area (Å²) in [5.74, 6) is 1.48. The number of likely N-dealkylation sites (tertiary alicyclic amines) is 1. The van der Waals surface area contributed by atoms with Crippen molar-refractivity contribution >= 4 is 17.6 Å². The maximum absolute atomic E-state index is 12.8. The van der Waals surface area contributed by atoms with E-state index in [0.29, 0.717) is 6.54 Å². The van der Waals surface area contributed by atoms with Crippen LogP contribution in [0, 0.1) is 6.92 Å². The van der Waals surface area contributed by atoms with Crippen molar-refractivity contribution in [3.05, 3.63) is 53.0 Å². The minimum absolute atomic E-state index is 0.0237. The first-order valence-electron chi connectivity index (χ1n) is 11.2. The van der Waals surface area contributed by atoms with Crippen LogP contribution in [0.1, 0.15) is 61.3 Å². The van der Waals surface area contributed by atoms with E-state index in [1.54, 1.807) is 0 Å². The molecule has 7 heteroatoms. The molecule has 0 spiro atoms. The number of piperidine rings is 1. The van der Waals surface area contributed by atoms with Crippen molar-refractivity contribution in [1.82, 2.24) is 20.2 Å². The average Bonchev–Trinajstić information content (AvgIpc) is 2.78. The van der Waals surface area contributed by atoms with E-state index in [4.69, 9.17) is 9.97 Å². The van der Waals surface area contributed by atoms with Gasteiger partial charge in [-0.2, -0.15) is 0 Å². The number of nitrogens with one attached hydrogen (secondary N) is 1. The molecule has 1 aromatic carbocycles. The second kappa shape index (κ2) is 9.45. The molecule has 0 unspecified atom stereocenters. The van der Waals surface area contributed by atoms with Crippen LogP contribution in [0.3, 0.4) is 0 Å². The van der Waals surface area contributed by atoms with Crippen molar-refractivity contribution in [3.63, 3.8) is 0 Å². The van der Waals surface area contributed by atoms with Gasteiger partial charge >= 0.3 is 0 Å². The van der Waals surface area contributed by atoms with E-state index in [0.717, 1.165) is 62.5 Å². The van der Waals surface area contributed by atoms with E-state index in [-0.39, 0.29) is 24.4 Å². The largest absolute Gasteiger partial charge is 0.352 e. The Morgan fingerprint density at radius 2 is 1.90 bits per heavy atom. The van der Waals surface area contributed by atoms with Crippen molar-refractivity contribution in [1.29, 1.82) is 0 Å². The quantitative estimate of drug-likeness (QED) is 0.803. The molecule has 0 aliphatic carbocycles. The molecule has 1 atom stereocenters. The van der Waals surface area contributed by atoms with E-state index >= 15 is 0 Å². The molecule has 1 fully saturated rings. The Hall–Kier alpha value is -2.96. The van der Waals surface area contributed by atoms with E-state index in [1.165, 1.54) is 18.1 Å². The first kappa shape index (κ1) is 21.3. The van der Waals surface area contributed by atoms with E-state index in [2.05, 4.69) is 41.4 Å². The van der Waals surface area contributed by atoms with Crippen LogP contribution in [0.5, 0.6) is 0 Å². The first-order chi connectivity index (χ1) is 15.0. The fourth-order valence-electron chi connectivity index (χ4n) is 4.62. The summed E-state index contributed by atoms with van der Waals surface area (Å²) in [6, 6.07) is 10.3. The number of carbonyl (C=O) groups excluding carboxylic acids is 2. The number of amides is 2. The summed E-state index contributed by atoms with van der Waals surface area (Å²) in [5.41, 5.74) is 3.49. The van der Waals surface area contributed by atoms with Crippen molar-refractivity contribution in [3.8, 4) is 0 Å². The van der Waals surface area contributed by atoms with Crippen LogP contribution in [0.2, 0.25) is 0 Å². The van der Waals surface area contributed by atoms with Gasteiger partial charge in [-0.3, -0.25) is 9.59 Å². The number of hydrogen-bond acceptors (Lipinski definition) is 5. The molecule has 164 valence electrons. The zero-order valence-corrected chi connectivity index (χ0v) is 18.4. The summed E-state index contributed by atoms with van der Waals surface area (Å²) >= 11 is 0. The SMILES string of the molecule is CC(=O)NCC(=O)N1CCCC[C@@H]1c1nc(C)c2c(n1)N(Cc1ccccc1)CCC2. The Balaban J connectivity index is 1.62. The molecule has 1 saturated heterocycles. The summed E-state index contributed by atoms with van der Waals surface area (Å²) < 4.78 is 0. The molecular weight excluding hydrogens is 390 g/mol. The van der Waals surface area contributed by atoms with Gasteiger partial charge in [0.05, 0.1) is 12.6 Å². The van der Waals surface area contributed by atoms with E-state index in [1.807, 2.05) is 11.0 Å². The molecule has 0 radical (unpaired) electrons. The molecule has 0 bridgehead atoms. The lowest BCUT2D eigenvalue weighted by Gasteiger charge is -2.37. The number of anilines is 1. The normalized spacial score (nSPS) is 18.5. The summed E-state index contributed by atoms with van der Waals surface area (Å²) in [7, 11) is 0. The summed E-state index contributed by atoms with van der Waals surface area (Å²) in [4.78, 5) is 38.2. The number of rotatable bonds is 5. The highest BCUT2D eigenvalue weighted by Crippen LogP contribution is 2.34. The molecule has 1 N–H and O–H groups in total. The lowest BCUT2D eigenvalue weighted by Crippen LogP contribution is -2.44. The number of carbonyl (C=O) groups is 2. The Morgan fingerprint density at radius 1 is 1.10 bits per heavy atom.